The van der Waals surface area contributed by atoms with Crippen molar-refractivity contribution in [3.63, 3.8) is 0 Å². The van der Waals surface area contributed by atoms with Crippen LogP contribution in [-0.2, 0) is 24.7 Å². The zero-order valence-corrected chi connectivity index (χ0v) is 11.7. The van der Waals surface area contributed by atoms with Gasteiger partial charge in [-0.25, -0.2) is 21.2 Å². The first-order valence-corrected chi connectivity index (χ1v) is 8.71. The lowest BCUT2D eigenvalue weighted by Gasteiger charge is -2.15. The van der Waals surface area contributed by atoms with Gasteiger partial charge in [0.15, 0.2) is 9.84 Å². The normalized spacial score (nSPS) is 17.8. The van der Waals surface area contributed by atoms with Crippen LogP contribution in [0.1, 0.15) is 6.42 Å². The standard InChI is InChI=1S/C10H12FNO5S2/c1-18(13,14)8-3-4-9(11)10(7-8)19(15,16)12-5-2-6-17-12/h3-4,7H,2,5-6H2,1H3. The molecule has 9 heteroatoms. The first-order valence-electron chi connectivity index (χ1n) is 5.38. The lowest BCUT2D eigenvalue weighted by Crippen LogP contribution is -2.27. The van der Waals surface area contributed by atoms with Crippen molar-refractivity contribution in [3.05, 3.63) is 24.0 Å². The van der Waals surface area contributed by atoms with Crippen LogP contribution in [0.2, 0.25) is 0 Å². The Kier molecular flexibility index (Phi) is 3.65. The van der Waals surface area contributed by atoms with Gasteiger partial charge in [-0.3, -0.25) is 4.84 Å². The van der Waals surface area contributed by atoms with Crippen molar-refractivity contribution in [2.45, 2.75) is 16.2 Å². The minimum Gasteiger partial charge on any atom is -0.284 e. The molecule has 19 heavy (non-hydrogen) atoms. The Morgan fingerprint density at radius 3 is 2.47 bits per heavy atom. The average Bonchev–Trinajstić information content (AvgIpc) is 2.81. The van der Waals surface area contributed by atoms with Crippen LogP contribution < -0.4 is 0 Å². The highest BCUT2D eigenvalue weighted by Crippen LogP contribution is 2.25. The summed E-state index contributed by atoms with van der Waals surface area (Å²) in [5, 5.41) is 0. The van der Waals surface area contributed by atoms with Gasteiger partial charge in [-0.15, -0.1) is 0 Å². The van der Waals surface area contributed by atoms with Gasteiger partial charge in [-0.2, -0.15) is 0 Å². The molecule has 1 aromatic rings. The maximum absolute atomic E-state index is 13.7. The van der Waals surface area contributed by atoms with Crippen molar-refractivity contribution < 1.29 is 26.1 Å². The molecule has 1 fully saturated rings. The molecular weight excluding hydrogens is 297 g/mol. The van der Waals surface area contributed by atoms with Gasteiger partial charge in [0.2, 0.25) is 0 Å². The van der Waals surface area contributed by atoms with Crippen molar-refractivity contribution in [2.75, 3.05) is 19.4 Å². The second-order valence-electron chi connectivity index (χ2n) is 4.08. The van der Waals surface area contributed by atoms with Crippen LogP contribution in [0.3, 0.4) is 0 Å². The van der Waals surface area contributed by atoms with Crippen LogP contribution in [0.25, 0.3) is 0 Å². The fraction of sp³-hybridized carbons (Fsp3) is 0.400. The zero-order chi connectivity index (χ0) is 14.3. The van der Waals surface area contributed by atoms with Crippen molar-refractivity contribution in [1.82, 2.24) is 4.47 Å². The minimum absolute atomic E-state index is 0.116. The van der Waals surface area contributed by atoms with E-state index in [-0.39, 0.29) is 18.0 Å². The lowest BCUT2D eigenvalue weighted by molar-refractivity contribution is -0.0286. The van der Waals surface area contributed by atoms with E-state index in [0.29, 0.717) is 10.9 Å². The Morgan fingerprint density at radius 1 is 1.26 bits per heavy atom. The number of halogens is 1. The molecule has 0 unspecified atom stereocenters. The largest absolute Gasteiger partial charge is 0.284 e. The Labute approximate surface area is 110 Å². The van der Waals surface area contributed by atoms with Gasteiger partial charge in [0.05, 0.1) is 11.5 Å². The van der Waals surface area contributed by atoms with Crippen LogP contribution in [0.15, 0.2) is 28.0 Å². The molecule has 0 radical (unpaired) electrons. The predicted octanol–water partition coefficient (Wildman–Crippen LogP) is 0.555. The highest BCUT2D eigenvalue weighted by molar-refractivity contribution is 7.91. The third-order valence-electron chi connectivity index (χ3n) is 2.60. The molecule has 0 aromatic heterocycles. The summed E-state index contributed by atoms with van der Waals surface area (Å²) in [7, 11) is -7.80. The van der Waals surface area contributed by atoms with E-state index >= 15 is 0 Å². The average molecular weight is 309 g/mol. The third kappa shape index (κ3) is 2.78. The number of rotatable bonds is 3. The topological polar surface area (TPSA) is 80.8 Å². The second kappa shape index (κ2) is 4.82. The molecule has 0 bridgehead atoms. The molecule has 0 amide bonds. The molecule has 0 N–H and O–H groups in total. The summed E-state index contributed by atoms with van der Waals surface area (Å²) in [6.07, 6.45) is 1.43. The van der Waals surface area contributed by atoms with Gasteiger partial charge >= 0.3 is 0 Å². The molecule has 2 rings (SSSR count). The minimum atomic E-state index is -4.18. The number of hydrogen-bond acceptors (Lipinski definition) is 5. The smallest absolute Gasteiger partial charge is 0.267 e. The van der Waals surface area contributed by atoms with Crippen molar-refractivity contribution in [1.29, 1.82) is 0 Å². The molecule has 0 saturated carbocycles. The van der Waals surface area contributed by atoms with Gasteiger partial charge in [-0.1, -0.05) is 4.47 Å². The molecule has 0 spiro atoms. The summed E-state index contributed by atoms with van der Waals surface area (Å²) in [5.74, 6) is -1.01. The SMILES string of the molecule is CS(=O)(=O)c1ccc(F)c(S(=O)(=O)N2CCCO2)c1. The Morgan fingerprint density at radius 2 is 1.95 bits per heavy atom. The molecule has 1 heterocycles. The Hall–Kier alpha value is -1.03. The van der Waals surface area contributed by atoms with E-state index in [1.807, 2.05) is 0 Å². The molecule has 0 atom stereocenters. The van der Waals surface area contributed by atoms with Crippen LogP contribution in [0, 0.1) is 5.82 Å². The van der Waals surface area contributed by atoms with Crippen LogP contribution >= 0.6 is 0 Å². The monoisotopic (exact) mass is 309 g/mol. The Bertz CT molecular complexity index is 693. The maximum Gasteiger partial charge on any atom is 0.267 e. The number of sulfonamides is 1. The molecule has 1 aromatic carbocycles. The highest BCUT2D eigenvalue weighted by Gasteiger charge is 2.32. The van der Waals surface area contributed by atoms with Crippen LogP contribution in [0.5, 0.6) is 0 Å². The molecule has 0 aliphatic carbocycles. The number of benzene rings is 1. The van der Waals surface area contributed by atoms with Gasteiger partial charge in [0.1, 0.15) is 10.7 Å². The number of sulfone groups is 1. The van der Waals surface area contributed by atoms with Gasteiger partial charge in [0, 0.05) is 12.8 Å². The molecule has 1 saturated heterocycles. The predicted molar refractivity (Wildman–Crippen MR) is 64.0 cm³/mol. The van der Waals surface area contributed by atoms with Gasteiger partial charge < -0.3 is 0 Å². The number of nitrogens with zero attached hydrogens (tertiary/aromatic N) is 1. The number of hydroxylamine groups is 1. The van der Waals surface area contributed by atoms with Crippen LogP contribution in [-0.4, -0.2) is 40.7 Å². The highest BCUT2D eigenvalue weighted by atomic mass is 32.2. The van der Waals surface area contributed by atoms with E-state index in [4.69, 9.17) is 4.84 Å². The van der Waals surface area contributed by atoms with E-state index in [1.54, 1.807) is 0 Å². The van der Waals surface area contributed by atoms with Crippen molar-refractivity contribution in [3.8, 4) is 0 Å². The molecule has 1 aliphatic heterocycles. The fourth-order valence-electron chi connectivity index (χ4n) is 1.64. The molecule has 106 valence electrons. The summed E-state index contributed by atoms with van der Waals surface area (Å²) in [5.41, 5.74) is 0. The summed E-state index contributed by atoms with van der Waals surface area (Å²) in [4.78, 5) is 3.93. The summed E-state index contributed by atoms with van der Waals surface area (Å²) >= 11 is 0. The first-order chi connectivity index (χ1) is 8.73. The summed E-state index contributed by atoms with van der Waals surface area (Å²) in [6.45, 7) is 0.345. The second-order valence-corrected chi connectivity index (χ2v) is 7.90. The summed E-state index contributed by atoms with van der Waals surface area (Å²) < 4.78 is 61.3. The molecular formula is C10H12FNO5S2. The van der Waals surface area contributed by atoms with E-state index in [9.17, 15) is 21.2 Å². The van der Waals surface area contributed by atoms with E-state index in [1.165, 1.54) is 0 Å². The van der Waals surface area contributed by atoms with E-state index in [2.05, 4.69) is 0 Å². The molecule has 6 nitrogen and oxygen atoms in total. The van der Waals surface area contributed by atoms with Gasteiger partial charge in [0.25, 0.3) is 10.0 Å². The fourth-order valence-corrected chi connectivity index (χ4v) is 3.75. The van der Waals surface area contributed by atoms with E-state index < -0.39 is 30.6 Å². The van der Waals surface area contributed by atoms with Crippen LogP contribution in [0.4, 0.5) is 4.39 Å². The van der Waals surface area contributed by atoms with Crippen molar-refractivity contribution >= 4 is 19.9 Å². The maximum atomic E-state index is 13.7. The quantitative estimate of drug-likeness (QED) is 0.762. The van der Waals surface area contributed by atoms with E-state index in [0.717, 1.165) is 24.5 Å². The lowest BCUT2D eigenvalue weighted by atomic mass is 10.3. The Balaban J connectivity index is 2.55. The van der Waals surface area contributed by atoms with Gasteiger partial charge in [-0.05, 0) is 24.6 Å². The zero-order valence-electron chi connectivity index (χ0n) is 10.0. The number of hydrogen-bond donors (Lipinski definition) is 0. The first kappa shape index (κ1) is 14.4. The van der Waals surface area contributed by atoms with Crippen molar-refractivity contribution in [2.24, 2.45) is 0 Å². The summed E-state index contributed by atoms with van der Waals surface area (Å²) in [6, 6.07) is 2.65. The third-order valence-corrected chi connectivity index (χ3v) is 5.40. The molecule has 1 aliphatic rings.